The number of fused-ring (bicyclic) bond motifs is 1. The van der Waals surface area contributed by atoms with Gasteiger partial charge in [0.15, 0.2) is 5.82 Å². The number of benzene rings is 1. The van der Waals surface area contributed by atoms with Crippen molar-refractivity contribution in [1.82, 2.24) is 14.8 Å². The molecule has 1 aliphatic heterocycles. The van der Waals surface area contributed by atoms with Gasteiger partial charge in [0.1, 0.15) is 11.6 Å². The number of nitrogens with two attached hydrogens (primary N) is 1. The van der Waals surface area contributed by atoms with Gasteiger partial charge in [-0.25, -0.2) is 4.39 Å². The van der Waals surface area contributed by atoms with E-state index in [2.05, 4.69) is 17.1 Å². The van der Waals surface area contributed by atoms with E-state index in [1.165, 1.54) is 12.1 Å². The molecule has 2 aromatic rings. The van der Waals surface area contributed by atoms with Gasteiger partial charge in [0, 0.05) is 24.2 Å². The molecule has 0 aliphatic carbocycles. The lowest BCUT2D eigenvalue weighted by Gasteiger charge is -2.20. The molecule has 0 amide bonds. The zero-order valence-corrected chi connectivity index (χ0v) is 10.2. The van der Waals surface area contributed by atoms with Gasteiger partial charge in [0.05, 0.1) is 0 Å². The first-order valence-electron chi connectivity index (χ1n) is 6.12. The first kappa shape index (κ1) is 11.2. The molecule has 5 heteroatoms. The first-order chi connectivity index (χ1) is 8.65. The summed E-state index contributed by atoms with van der Waals surface area (Å²) < 4.78 is 15.4. The van der Waals surface area contributed by atoms with Gasteiger partial charge >= 0.3 is 0 Å². The summed E-state index contributed by atoms with van der Waals surface area (Å²) in [5.41, 5.74) is 7.05. The van der Waals surface area contributed by atoms with E-state index in [0.29, 0.717) is 23.0 Å². The normalized spacial score (nSPS) is 18.7. The average Bonchev–Trinajstić information content (AvgIpc) is 2.75. The van der Waals surface area contributed by atoms with Crippen molar-refractivity contribution in [1.29, 1.82) is 0 Å². The lowest BCUT2D eigenvalue weighted by atomic mass is 10.00. The largest absolute Gasteiger partial charge is 0.398 e. The molecule has 2 heterocycles. The van der Waals surface area contributed by atoms with Crippen LogP contribution in [0.5, 0.6) is 0 Å². The van der Waals surface area contributed by atoms with Crippen molar-refractivity contribution in [3.63, 3.8) is 0 Å². The number of hydrogen-bond donors (Lipinski definition) is 1. The van der Waals surface area contributed by atoms with E-state index in [4.69, 9.17) is 5.73 Å². The Morgan fingerprint density at radius 2 is 2.22 bits per heavy atom. The molecule has 1 aliphatic rings. The van der Waals surface area contributed by atoms with Crippen LogP contribution in [0.2, 0.25) is 0 Å². The standard InChI is InChI=1S/C13H15FN4/c1-8-4-5-18-12(6-8)16-17-13(18)10-7-9(14)2-3-11(10)15/h2-3,7-8H,4-6,15H2,1H3. The molecule has 2 N–H and O–H groups in total. The van der Waals surface area contributed by atoms with Gasteiger partial charge in [-0.3, -0.25) is 0 Å². The predicted molar refractivity (Wildman–Crippen MR) is 67.3 cm³/mol. The van der Waals surface area contributed by atoms with E-state index in [1.54, 1.807) is 6.07 Å². The quantitative estimate of drug-likeness (QED) is 0.785. The van der Waals surface area contributed by atoms with E-state index in [1.807, 2.05) is 4.57 Å². The minimum absolute atomic E-state index is 0.305. The average molecular weight is 246 g/mol. The Morgan fingerprint density at radius 3 is 3.06 bits per heavy atom. The van der Waals surface area contributed by atoms with Gasteiger partial charge in [-0.15, -0.1) is 10.2 Å². The lowest BCUT2D eigenvalue weighted by Crippen LogP contribution is -2.18. The second kappa shape index (κ2) is 4.08. The summed E-state index contributed by atoms with van der Waals surface area (Å²) in [6.07, 6.45) is 2.01. The number of nitrogens with zero attached hydrogens (tertiary/aromatic N) is 3. The van der Waals surface area contributed by atoms with Crippen molar-refractivity contribution in [3.8, 4) is 11.4 Å². The highest BCUT2D eigenvalue weighted by atomic mass is 19.1. The first-order valence-corrected chi connectivity index (χ1v) is 6.12. The van der Waals surface area contributed by atoms with Crippen LogP contribution in [-0.2, 0) is 13.0 Å². The maximum atomic E-state index is 13.3. The van der Waals surface area contributed by atoms with Crippen molar-refractivity contribution in [2.24, 2.45) is 5.92 Å². The van der Waals surface area contributed by atoms with Crippen LogP contribution < -0.4 is 5.73 Å². The third-order valence-electron chi connectivity index (χ3n) is 3.46. The summed E-state index contributed by atoms with van der Waals surface area (Å²) >= 11 is 0. The minimum Gasteiger partial charge on any atom is -0.398 e. The molecule has 0 bridgehead atoms. The summed E-state index contributed by atoms with van der Waals surface area (Å²) in [6.45, 7) is 3.07. The zero-order chi connectivity index (χ0) is 12.7. The Bertz CT molecular complexity index is 591. The molecule has 1 aromatic carbocycles. The highest BCUT2D eigenvalue weighted by molar-refractivity contribution is 5.71. The van der Waals surface area contributed by atoms with E-state index in [0.717, 1.165) is 25.2 Å². The summed E-state index contributed by atoms with van der Waals surface area (Å²) in [6, 6.07) is 4.34. The number of aromatic nitrogens is 3. The molecular weight excluding hydrogens is 231 g/mol. The molecule has 0 radical (unpaired) electrons. The van der Waals surface area contributed by atoms with E-state index in [-0.39, 0.29) is 5.82 Å². The molecule has 94 valence electrons. The highest BCUT2D eigenvalue weighted by Gasteiger charge is 2.22. The third-order valence-corrected chi connectivity index (χ3v) is 3.46. The molecule has 0 spiro atoms. The molecule has 1 unspecified atom stereocenters. The fourth-order valence-corrected chi connectivity index (χ4v) is 2.41. The maximum absolute atomic E-state index is 13.3. The molecule has 4 nitrogen and oxygen atoms in total. The topological polar surface area (TPSA) is 56.7 Å². The van der Waals surface area contributed by atoms with Crippen molar-refractivity contribution >= 4 is 5.69 Å². The van der Waals surface area contributed by atoms with Gasteiger partial charge in [-0.05, 0) is 30.5 Å². The Labute approximate surface area is 105 Å². The zero-order valence-electron chi connectivity index (χ0n) is 10.2. The van der Waals surface area contributed by atoms with Crippen molar-refractivity contribution in [3.05, 3.63) is 29.8 Å². The molecule has 3 rings (SSSR count). The van der Waals surface area contributed by atoms with Crippen LogP contribution in [-0.4, -0.2) is 14.8 Å². The third kappa shape index (κ3) is 1.75. The maximum Gasteiger partial charge on any atom is 0.166 e. The fraction of sp³-hybridized carbons (Fsp3) is 0.385. The molecule has 1 aromatic heterocycles. The van der Waals surface area contributed by atoms with E-state index >= 15 is 0 Å². The van der Waals surface area contributed by atoms with Crippen LogP contribution in [0.25, 0.3) is 11.4 Å². The number of nitrogen functional groups attached to an aromatic ring is 1. The van der Waals surface area contributed by atoms with Crippen LogP contribution in [0.15, 0.2) is 18.2 Å². The smallest absolute Gasteiger partial charge is 0.166 e. The van der Waals surface area contributed by atoms with Crippen LogP contribution >= 0.6 is 0 Å². The Hall–Kier alpha value is -1.91. The minimum atomic E-state index is -0.305. The van der Waals surface area contributed by atoms with Crippen molar-refractivity contribution < 1.29 is 4.39 Å². The second-order valence-corrected chi connectivity index (χ2v) is 4.92. The predicted octanol–water partition coefficient (Wildman–Crippen LogP) is 2.25. The van der Waals surface area contributed by atoms with Gasteiger partial charge < -0.3 is 10.3 Å². The van der Waals surface area contributed by atoms with Gasteiger partial charge in [0.2, 0.25) is 0 Å². The van der Waals surface area contributed by atoms with E-state index < -0.39 is 0 Å². The Kier molecular flexibility index (Phi) is 2.54. The monoisotopic (exact) mass is 246 g/mol. The number of rotatable bonds is 1. The second-order valence-electron chi connectivity index (χ2n) is 4.92. The van der Waals surface area contributed by atoms with Gasteiger partial charge in [-0.1, -0.05) is 6.92 Å². The summed E-state index contributed by atoms with van der Waals surface area (Å²) in [4.78, 5) is 0. The fourth-order valence-electron chi connectivity index (χ4n) is 2.41. The van der Waals surface area contributed by atoms with Crippen LogP contribution in [0.1, 0.15) is 19.2 Å². The van der Waals surface area contributed by atoms with Crippen molar-refractivity contribution in [2.45, 2.75) is 26.3 Å². The molecule has 0 saturated carbocycles. The SMILES string of the molecule is CC1CCn2c(nnc2-c2cc(F)ccc2N)C1. The summed E-state index contributed by atoms with van der Waals surface area (Å²) in [7, 11) is 0. The molecule has 0 saturated heterocycles. The molecule has 18 heavy (non-hydrogen) atoms. The Morgan fingerprint density at radius 1 is 1.39 bits per heavy atom. The number of anilines is 1. The summed E-state index contributed by atoms with van der Waals surface area (Å²) in [5, 5.41) is 8.36. The van der Waals surface area contributed by atoms with Gasteiger partial charge in [0.25, 0.3) is 0 Å². The molecule has 0 fully saturated rings. The molecular formula is C13H15FN4. The van der Waals surface area contributed by atoms with Crippen molar-refractivity contribution in [2.75, 3.05) is 5.73 Å². The van der Waals surface area contributed by atoms with Crippen LogP contribution in [0.3, 0.4) is 0 Å². The van der Waals surface area contributed by atoms with E-state index in [9.17, 15) is 4.39 Å². The summed E-state index contributed by atoms with van der Waals surface area (Å²) in [5.74, 6) is 1.96. The number of halogens is 1. The van der Waals surface area contributed by atoms with Gasteiger partial charge in [-0.2, -0.15) is 0 Å². The Balaban J connectivity index is 2.10. The molecule has 1 atom stereocenters. The lowest BCUT2D eigenvalue weighted by molar-refractivity contribution is 0.411. The van der Waals surface area contributed by atoms with Crippen LogP contribution in [0, 0.1) is 11.7 Å². The number of hydrogen-bond acceptors (Lipinski definition) is 3. The van der Waals surface area contributed by atoms with Crippen LogP contribution in [0.4, 0.5) is 10.1 Å². The highest BCUT2D eigenvalue weighted by Crippen LogP contribution is 2.29.